The van der Waals surface area contributed by atoms with Crippen molar-refractivity contribution in [1.82, 2.24) is 4.90 Å². The molecule has 2 unspecified atom stereocenters. The lowest BCUT2D eigenvalue weighted by Crippen LogP contribution is -2.56. The van der Waals surface area contributed by atoms with Gasteiger partial charge in [0.05, 0.1) is 5.02 Å². The Kier molecular flexibility index (Phi) is 5.03. The number of carbonyl (C=O) groups excluding carboxylic acids is 1. The van der Waals surface area contributed by atoms with Gasteiger partial charge in [0.2, 0.25) is 0 Å². The molecule has 0 aliphatic carbocycles. The summed E-state index contributed by atoms with van der Waals surface area (Å²) in [6.07, 6.45) is 0.251. The van der Waals surface area contributed by atoms with Gasteiger partial charge in [-0.05, 0) is 43.4 Å². The molecule has 1 aliphatic heterocycles. The monoisotopic (exact) mass is 324 g/mol. The van der Waals surface area contributed by atoms with Crippen LogP contribution in [0.15, 0.2) is 18.2 Å². The van der Waals surface area contributed by atoms with Crippen LogP contribution in [0.4, 0.5) is 0 Å². The summed E-state index contributed by atoms with van der Waals surface area (Å²) in [6.45, 7) is 9.26. The summed E-state index contributed by atoms with van der Waals surface area (Å²) in [7, 11) is 0. The fraction of sp³-hybridized carbons (Fsp3) is 0.588. The van der Waals surface area contributed by atoms with Crippen molar-refractivity contribution >= 4 is 17.5 Å². The number of halogens is 1. The average Bonchev–Trinajstić information content (AvgIpc) is 2.45. The Labute approximate surface area is 137 Å². The van der Waals surface area contributed by atoms with Crippen LogP contribution in [-0.4, -0.2) is 36.0 Å². The molecular weight excluding hydrogens is 300 g/mol. The number of nitrogens with two attached hydrogens (primary N) is 1. The van der Waals surface area contributed by atoms with E-state index in [4.69, 9.17) is 22.1 Å². The lowest BCUT2D eigenvalue weighted by Gasteiger charge is -2.43. The van der Waals surface area contributed by atoms with E-state index in [1.54, 1.807) is 13.0 Å². The number of piperidine rings is 1. The lowest BCUT2D eigenvalue weighted by atomic mass is 9.79. The summed E-state index contributed by atoms with van der Waals surface area (Å²) >= 11 is 6.13. The molecule has 22 heavy (non-hydrogen) atoms. The summed E-state index contributed by atoms with van der Waals surface area (Å²) in [5.74, 6) is 0.535. The second-order valence-electron chi connectivity index (χ2n) is 6.84. The second-order valence-corrected chi connectivity index (χ2v) is 7.24. The molecule has 0 saturated carbocycles. The zero-order valence-corrected chi connectivity index (χ0v) is 14.5. The molecule has 1 aromatic rings. The predicted octanol–water partition coefficient (Wildman–Crippen LogP) is 3.00. The van der Waals surface area contributed by atoms with Gasteiger partial charge in [-0.2, -0.15) is 0 Å². The molecule has 0 radical (unpaired) electrons. The third kappa shape index (κ3) is 3.73. The summed E-state index contributed by atoms with van der Waals surface area (Å²) in [6, 6.07) is 5.67. The van der Waals surface area contributed by atoms with Crippen molar-refractivity contribution in [3.63, 3.8) is 0 Å². The number of hydrogen-bond acceptors (Lipinski definition) is 3. The van der Waals surface area contributed by atoms with Gasteiger partial charge in [0.1, 0.15) is 5.75 Å². The summed E-state index contributed by atoms with van der Waals surface area (Å²) in [4.78, 5) is 14.5. The Hall–Kier alpha value is -1.26. The zero-order chi connectivity index (χ0) is 16.5. The number of likely N-dealkylation sites (tertiary alicyclic amines) is 1. The third-order valence-corrected chi connectivity index (χ3v) is 4.67. The van der Waals surface area contributed by atoms with Gasteiger partial charge < -0.3 is 15.4 Å². The third-order valence-electron chi connectivity index (χ3n) is 4.36. The summed E-state index contributed by atoms with van der Waals surface area (Å²) < 4.78 is 5.78. The first-order valence-corrected chi connectivity index (χ1v) is 8.05. The number of hydrogen-bond donors (Lipinski definition) is 1. The molecule has 1 saturated heterocycles. The van der Waals surface area contributed by atoms with E-state index in [1.807, 2.05) is 24.0 Å². The number of nitrogens with zero attached hydrogens (tertiary/aromatic N) is 1. The lowest BCUT2D eigenvalue weighted by molar-refractivity contribution is -0.141. The molecule has 5 heteroatoms. The predicted molar refractivity (Wildman–Crippen MR) is 89.2 cm³/mol. The molecule has 1 fully saturated rings. The number of amides is 1. The van der Waals surface area contributed by atoms with E-state index < -0.39 is 6.10 Å². The minimum absolute atomic E-state index is 0.0162. The second kappa shape index (κ2) is 6.47. The summed E-state index contributed by atoms with van der Waals surface area (Å²) in [5.41, 5.74) is 7.10. The molecule has 2 rings (SSSR count). The standard InChI is InChI=1S/C17H25ClN2O2/c1-11-5-6-13(18)14(9-11)22-12(2)16(21)20-8-7-15(19)17(3,4)10-20/h5-6,9,12,15H,7-8,10,19H2,1-4H3. The van der Waals surface area contributed by atoms with E-state index in [1.165, 1.54) is 0 Å². The largest absolute Gasteiger partial charge is 0.479 e. The van der Waals surface area contributed by atoms with Gasteiger partial charge in [0.15, 0.2) is 6.10 Å². The van der Waals surface area contributed by atoms with Crippen LogP contribution >= 0.6 is 11.6 Å². The highest BCUT2D eigenvalue weighted by Gasteiger charge is 2.36. The fourth-order valence-corrected chi connectivity index (χ4v) is 2.92. The average molecular weight is 325 g/mol. The van der Waals surface area contributed by atoms with E-state index in [0.717, 1.165) is 12.0 Å². The topological polar surface area (TPSA) is 55.6 Å². The molecule has 0 spiro atoms. The minimum Gasteiger partial charge on any atom is -0.479 e. The van der Waals surface area contributed by atoms with Crippen molar-refractivity contribution < 1.29 is 9.53 Å². The highest BCUT2D eigenvalue weighted by Crippen LogP contribution is 2.29. The number of benzene rings is 1. The Bertz CT molecular complexity index is 560. The van der Waals surface area contributed by atoms with Crippen LogP contribution in [0.2, 0.25) is 5.02 Å². The summed E-state index contributed by atoms with van der Waals surface area (Å²) in [5, 5.41) is 0.520. The highest BCUT2D eigenvalue weighted by molar-refractivity contribution is 6.32. The van der Waals surface area contributed by atoms with Crippen LogP contribution in [0, 0.1) is 12.3 Å². The van der Waals surface area contributed by atoms with Gasteiger partial charge in [-0.1, -0.05) is 31.5 Å². The van der Waals surface area contributed by atoms with Crippen molar-refractivity contribution in [2.24, 2.45) is 11.1 Å². The van der Waals surface area contributed by atoms with Crippen LogP contribution in [0.25, 0.3) is 0 Å². The van der Waals surface area contributed by atoms with Gasteiger partial charge in [0, 0.05) is 19.1 Å². The quantitative estimate of drug-likeness (QED) is 0.930. The number of rotatable bonds is 3. The van der Waals surface area contributed by atoms with Crippen LogP contribution < -0.4 is 10.5 Å². The van der Waals surface area contributed by atoms with Gasteiger partial charge in [-0.15, -0.1) is 0 Å². The molecule has 122 valence electrons. The van der Waals surface area contributed by atoms with E-state index in [2.05, 4.69) is 13.8 Å². The van der Waals surface area contributed by atoms with Crippen LogP contribution in [-0.2, 0) is 4.79 Å². The maximum atomic E-state index is 12.6. The molecule has 2 N–H and O–H groups in total. The fourth-order valence-electron chi connectivity index (χ4n) is 2.76. The molecule has 1 aromatic carbocycles. The van der Waals surface area contributed by atoms with Gasteiger partial charge in [-0.25, -0.2) is 0 Å². The molecular formula is C17H25ClN2O2. The molecule has 1 amide bonds. The Morgan fingerprint density at radius 2 is 2.18 bits per heavy atom. The highest BCUT2D eigenvalue weighted by atomic mass is 35.5. The van der Waals surface area contributed by atoms with Crippen molar-refractivity contribution in [3.05, 3.63) is 28.8 Å². The zero-order valence-electron chi connectivity index (χ0n) is 13.7. The number of aryl methyl sites for hydroxylation is 1. The number of ether oxygens (including phenoxy) is 1. The SMILES string of the molecule is Cc1ccc(Cl)c(OC(C)C(=O)N2CCC(N)C(C)(C)C2)c1. The van der Waals surface area contributed by atoms with Crippen LogP contribution in [0.1, 0.15) is 32.8 Å². The molecule has 0 bridgehead atoms. The van der Waals surface area contributed by atoms with Gasteiger partial charge >= 0.3 is 0 Å². The van der Waals surface area contributed by atoms with Crippen molar-refractivity contribution in [2.45, 2.75) is 46.3 Å². The molecule has 4 nitrogen and oxygen atoms in total. The van der Waals surface area contributed by atoms with Crippen molar-refractivity contribution in [3.8, 4) is 5.75 Å². The van der Waals surface area contributed by atoms with Crippen molar-refractivity contribution in [2.75, 3.05) is 13.1 Å². The van der Waals surface area contributed by atoms with Crippen LogP contribution in [0.5, 0.6) is 5.75 Å². The Balaban J connectivity index is 2.05. The first-order chi connectivity index (χ1) is 10.2. The first-order valence-electron chi connectivity index (χ1n) is 7.68. The normalized spacial score (nSPS) is 22.3. The first kappa shape index (κ1) is 17.1. The van der Waals surface area contributed by atoms with E-state index in [9.17, 15) is 4.79 Å². The maximum Gasteiger partial charge on any atom is 0.263 e. The van der Waals surface area contributed by atoms with Gasteiger partial charge in [-0.3, -0.25) is 4.79 Å². The van der Waals surface area contributed by atoms with Crippen molar-refractivity contribution in [1.29, 1.82) is 0 Å². The number of carbonyl (C=O) groups is 1. The van der Waals surface area contributed by atoms with Crippen LogP contribution in [0.3, 0.4) is 0 Å². The molecule has 1 heterocycles. The van der Waals surface area contributed by atoms with Gasteiger partial charge in [0.25, 0.3) is 5.91 Å². The minimum atomic E-state index is -0.565. The smallest absolute Gasteiger partial charge is 0.263 e. The van der Waals surface area contributed by atoms with E-state index in [-0.39, 0.29) is 17.4 Å². The Morgan fingerprint density at radius 1 is 1.50 bits per heavy atom. The van der Waals surface area contributed by atoms with E-state index >= 15 is 0 Å². The molecule has 1 aliphatic rings. The molecule has 2 atom stereocenters. The maximum absolute atomic E-state index is 12.6. The Morgan fingerprint density at radius 3 is 2.82 bits per heavy atom. The molecule has 0 aromatic heterocycles. The van der Waals surface area contributed by atoms with E-state index in [0.29, 0.717) is 23.9 Å².